The summed E-state index contributed by atoms with van der Waals surface area (Å²) in [7, 11) is 0. The highest BCUT2D eigenvalue weighted by Crippen LogP contribution is 2.21. The first-order valence-electron chi connectivity index (χ1n) is 4.06. The molecule has 0 aromatic rings. The van der Waals surface area contributed by atoms with E-state index < -0.39 is 5.60 Å². The smallest absolute Gasteiger partial charge is 0.115 e. The van der Waals surface area contributed by atoms with Crippen molar-refractivity contribution in [3.05, 3.63) is 24.4 Å². The fourth-order valence-corrected chi connectivity index (χ4v) is 0.911. The van der Waals surface area contributed by atoms with Gasteiger partial charge in [0.05, 0.1) is 0 Å². The SMILES string of the molecule is CC1(O)C=N/C=C\C(C)(C)/C=C\1. The van der Waals surface area contributed by atoms with E-state index >= 15 is 0 Å². The zero-order valence-electron chi connectivity index (χ0n) is 7.78. The van der Waals surface area contributed by atoms with E-state index in [1.807, 2.05) is 12.2 Å². The lowest BCUT2D eigenvalue weighted by atomic mass is 9.90. The maximum Gasteiger partial charge on any atom is 0.115 e. The molecule has 1 unspecified atom stereocenters. The topological polar surface area (TPSA) is 32.6 Å². The molecule has 1 aliphatic rings. The molecule has 0 aliphatic carbocycles. The molecule has 0 saturated carbocycles. The normalized spacial score (nSPS) is 38.3. The molecule has 2 nitrogen and oxygen atoms in total. The predicted octanol–water partition coefficient (Wildman–Crippen LogP) is 1.92. The van der Waals surface area contributed by atoms with E-state index in [1.54, 1.807) is 19.2 Å². The number of aliphatic hydroxyl groups is 1. The van der Waals surface area contributed by atoms with E-state index in [9.17, 15) is 5.11 Å². The number of aliphatic imine (C=N–C) groups is 1. The minimum Gasteiger partial charge on any atom is -0.380 e. The van der Waals surface area contributed by atoms with Crippen molar-refractivity contribution in [3.63, 3.8) is 0 Å². The van der Waals surface area contributed by atoms with Gasteiger partial charge in [0.1, 0.15) is 5.60 Å². The van der Waals surface area contributed by atoms with E-state index in [2.05, 4.69) is 18.8 Å². The molecule has 0 aromatic carbocycles. The zero-order valence-corrected chi connectivity index (χ0v) is 7.78. The summed E-state index contributed by atoms with van der Waals surface area (Å²) in [6, 6.07) is 0. The molecule has 12 heavy (non-hydrogen) atoms. The van der Waals surface area contributed by atoms with Crippen molar-refractivity contribution in [1.29, 1.82) is 0 Å². The van der Waals surface area contributed by atoms with Crippen LogP contribution < -0.4 is 0 Å². The summed E-state index contributed by atoms with van der Waals surface area (Å²) in [6.07, 6.45) is 8.98. The Kier molecular flexibility index (Phi) is 2.20. The number of hydrogen-bond acceptors (Lipinski definition) is 2. The van der Waals surface area contributed by atoms with Gasteiger partial charge >= 0.3 is 0 Å². The highest BCUT2D eigenvalue weighted by Gasteiger charge is 2.17. The largest absolute Gasteiger partial charge is 0.380 e. The number of hydrogen-bond donors (Lipinski definition) is 1. The first-order chi connectivity index (χ1) is 5.41. The number of nitrogens with zero attached hydrogens (tertiary/aromatic N) is 1. The molecule has 0 bridgehead atoms. The Balaban J connectivity index is 2.97. The van der Waals surface area contributed by atoms with E-state index in [0.29, 0.717) is 0 Å². The molecule has 0 fully saturated rings. The second kappa shape index (κ2) is 2.87. The quantitative estimate of drug-likeness (QED) is 0.546. The van der Waals surface area contributed by atoms with Gasteiger partial charge in [0.2, 0.25) is 0 Å². The van der Waals surface area contributed by atoms with Crippen LogP contribution in [0.2, 0.25) is 0 Å². The van der Waals surface area contributed by atoms with Crippen LogP contribution in [0.3, 0.4) is 0 Å². The van der Waals surface area contributed by atoms with Gasteiger partial charge in [0.25, 0.3) is 0 Å². The van der Waals surface area contributed by atoms with Crippen LogP contribution in [0.25, 0.3) is 0 Å². The second-order valence-electron chi connectivity index (χ2n) is 3.97. The Bertz CT molecular complexity index is 221. The molecule has 1 aliphatic heterocycles. The first-order valence-corrected chi connectivity index (χ1v) is 4.06. The Morgan fingerprint density at radius 3 is 2.42 bits per heavy atom. The van der Waals surface area contributed by atoms with Gasteiger partial charge in [0, 0.05) is 17.8 Å². The second-order valence-corrected chi connectivity index (χ2v) is 3.97. The van der Waals surface area contributed by atoms with Crippen LogP contribution >= 0.6 is 0 Å². The molecule has 0 spiro atoms. The Hall–Kier alpha value is -0.890. The van der Waals surface area contributed by atoms with Gasteiger partial charge in [-0.3, -0.25) is 4.99 Å². The van der Waals surface area contributed by atoms with E-state index in [0.717, 1.165) is 0 Å². The molecule has 1 N–H and O–H groups in total. The van der Waals surface area contributed by atoms with Crippen LogP contribution in [0, 0.1) is 5.41 Å². The molecule has 2 heteroatoms. The average Bonchev–Trinajstić information content (AvgIpc) is 1.94. The van der Waals surface area contributed by atoms with Gasteiger partial charge in [0.15, 0.2) is 0 Å². The fraction of sp³-hybridized carbons (Fsp3) is 0.500. The Morgan fingerprint density at radius 2 is 1.75 bits per heavy atom. The standard InChI is InChI=1S/C10H15NO/c1-9(2)4-5-10(3,12)8-11-7-6-9/h4-8,12H,1-3H3/b5-4-,7-6-,11-8?. The molecule has 0 aromatic heterocycles. The van der Waals surface area contributed by atoms with Crippen molar-refractivity contribution in [2.75, 3.05) is 0 Å². The summed E-state index contributed by atoms with van der Waals surface area (Å²) in [4.78, 5) is 3.97. The van der Waals surface area contributed by atoms with Crippen molar-refractivity contribution in [1.82, 2.24) is 0 Å². The van der Waals surface area contributed by atoms with Crippen molar-refractivity contribution >= 4 is 6.21 Å². The summed E-state index contributed by atoms with van der Waals surface area (Å²) in [5.41, 5.74) is -0.941. The molecular formula is C10H15NO. The lowest BCUT2D eigenvalue weighted by Gasteiger charge is -2.20. The van der Waals surface area contributed by atoms with Crippen LogP contribution in [-0.2, 0) is 0 Å². The molecule has 1 heterocycles. The molecule has 1 rings (SSSR count). The van der Waals surface area contributed by atoms with Gasteiger partial charge in [-0.05, 0) is 6.92 Å². The maximum atomic E-state index is 9.64. The van der Waals surface area contributed by atoms with Crippen molar-refractivity contribution in [2.24, 2.45) is 10.4 Å². The third-order valence-corrected chi connectivity index (χ3v) is 1.78. The summed E-state index contributed by atoms with van der Waals surface area (Å²) < 4.78 is 0. The molecule has 0 saturated heterocycles. The lowest BCUT2D eigenvalue weighted by molar-refractivity contribution is 0.188. The van der Waals surface area contributed by atoms with Crippen LogP contribution in [0.5, 0.6) is 0 Å². The maximum absolute atomic E-state index is 9.64. The fourth-order valence-electron chi connectivity index (χ4n) is 0.911. The van der Waals surface area contributed by atoms with Crippen molar-refractivity contribution in [2.45, 2.75) is 26.4 Å². The van der Waals surface area contributed by atoms with Gasteiger partial charge in [-0.1, -0.05) is 32.1 Å². The average molecular weight is 165 g/mol. The predicted molar refractivity (Wildman–Crippen MR) is 51.2 cm³/mol. The van der Waals surface area contributed by atoms with E-state index in [-0.39, 0.29) is 5.41 Å². The van der Waals surface area contributed by atoms with Crippen LogP contribution in [0.4, 0.5) is 0 Å². The summed E-state index contributed by atoms with van der Waals surface area (Å²) in [6.45, 7) is 5.84. The third-order valence-electron chi connectivity index (χ3n) is 1.78. The van der Waals surface area contributed by atoms with Gasteiger partial charge in [-0.15, -0.1) is 0 Å². The Labute approximate surface area is 73.3 Å². The summed E-state index contributed by atoms with van der Waals surface area (Å²) in [5, 5.41) is 9.64. The molecular weight excluding hydrogens is 150 g/mol. The zero-order chi connectivity index (χ0) is 9.24. The molecule has 0 radical (unpaired) electrons. The van der Waals surface area contributed by atoms with Crippen LogP contribution in [0.15, 0.2) is 29.4 Å². The van der Waals surface area contributed by atoms with Crippen molar-refractivity contribution < 1.29 is 5.11 Å². The minimum atomic E-state index is -0.915. The summed E-state index contributed by atoms with van der Waals surface area (Å²) in [5.74, 6) is 0. The number of rotatable bonds is 0. The molecule has 1 atom stereocenters. The monoisotopic (exact) mass is 165 g/mol. The third kappa shape index (κ3) is 2.62. The Morgan fingerprint density at radius 1 is 1.08 bits per heavy atom. The van der Waals surface area contributed by atoms with Gasteiger partial charge < -0.3 is 5.11 Å². The van der Waals surface area contributed by atoms with Crippen molar-refractivity contribution in [3.8, 4) is 0 Å². The van der Waals surface area contributed by atoms with Gasteiger partial charge in [-0.25, -0.2) is 0 Å². The van der Waals surface area contributed by atoms with E-state index in [1.165, 1.54) is 6.21 Å². The van der Waals surface area contributed by atoms with E-state index in [4.69, 9.17) is 0 Å². The lowest BCUT2D eigenvalue weighted by Crippen LogP contribution is -2.24. The number of allylic oxidation sites excluding steroid dienone is 2. The minimum absolute atomic E-state index is 0.0260. The van der Waals surface area contributed by atoms with Crippen LogP contribution in [-0.4, -0.2) is 16.9 Å². The van der Waals surface area contributed by atoms with Crippen LogP contribution in [0.1, 0.15) is 20.8 Å². The summed E-state index contributed by atoms with van der Waals surface area (Å²) >= 11 is 0. The van der Waals surface area contributed by atoms with Gasteiger partial charge in [-0.2, -0.15) is 0 Å². The highest BCUT2D eigenvalue weighted by molar-refractivity contribution is 5.71. The highest BCUT2D eigenvalue weighted by atomic mass is 16.3. The first kappa shape index (κ1) is 9.20. The molecule has 0 amide bonds. The molecule has 66 valence electrons.